The number of ether oxygens (including phenoxy) is 1. The molecule has 0 spiro atoms. The number of rotatable bonds is 3. The van der Waals surface area contributed by atoms with E-state index in [1.54, 1.807) is 7.11 Å². The summed E-state index contributed by atoms with van der Waals surface area (Å²) in [5, 5.41) is 7.47. The van der Waals surface area contributed by atoms with Crippen LogP contribution in [0.4, 0.5) is 5.69 Å². The zero-order valence-corrected chi connectivity index (χ0v) is 15.3. The predicted octanol–water partition coefficient (Wildman–Crippen LogP) is 4.68. The maximum Gasteiger partial charge on any atom is 0.171 e. The number of nitrogens with one attached hydrogen (secondary N) is 2. The van der Waals surface area contributed by atoms with Crippen molar-refractivity contribution in [2.75, 3.05) is 12.4 Å². The largest absolute Gasteiger partial charge is 0.497 e. The molecule has 2 aromatic rings. The van der Waals surface area contributed by atoms with Crippen molar-refractivity contribution >= 4 is 23.0 Å². The van der Waals surface area contributed by atoms with Crippen molar-refractivity contribution in [3.63, 3.8) is 0 Å². The van der Waals surface area contributed by atoms with Gasteiger partial charge >= 0.3 is 0 Å². The number of hydrogen-bond donors (Lipinski definition) is 2. The molecule has 1 aliphatic rings. The lowest BCUT2D eigenvalue weighted by molar-refractivity contribution is 0.412. The minimum atomic E-state index is 0.255. The molecular formula is C20H24N2OS. The second-order valence-corrected chi connectivity index (χ2v) is 6.89. The van der Waals surface area contributed by atoms with E-state index in [4.69, 9.17) is 17.0 Å². The quantitative estimate of drug-likeness (QED) is 0.795. The van der Waals surface area contributed by atoms with Crippen LogP contribution in [-0.2, 0) is 6.42 Å². The van der Waals surface area contributed by atoms with E-state index in [0.717, 1.165) is 30.7 Å². The maximum atomic E-state index is 5.53. The van der Waals surface area contributed by atoms with Crippen LogP contribution >= 0.6 is 12.2 Å². The van der Waals surface area contributed by atoms with Crippen molar-refractivity contribution in [3.8, 4) is 5.75 Å². The highest BCUT2D eigenvalue weighted by Crippen LogP contribution is 2.32. The Hall–Kier alpha value is -2.07. The molecule has 0 aliphatic heterocycles. The minimum Gasteiger partial charge on any atom is -0.497 e. The first-order valence-electron chi connectivity index (χ1n) is 8.38. The summed E-state index contributed by atoms with van der Waals surface area (Å²) in [5.74, 6) is 0.922. The molecule has 0 amide bonds. The van der Waals surface area contributed by atoms with Gasteiger partial charge in [0.05, 0.1) is 13.2 Å². The summed E-state index contributed by atoms with van der Waals surface area (Å²) >= 11 is 5.53. The molecule has 4 heteroatoms. The molecule has 24 heavy (non-hydrogen) atoms. The van der Waals surface area contributed by atoms with Crippen LogP contribution in [-0.4, -0.2) is 12.2 Å². The van der Waals surface area contributed by atoms with Gasteiger partial charge in [0, 0.05) is 5.69 Å². The summed E-state index contributed by atoms with van der Waals surface area (Å²) < 4.78 is 5.34. The number of hydrogen-bond acceptors (Lipinski definition) is 2. The fourth-order valence-electron chi connectivity index (χ4n) is 3.44. The molecule has 0 fully saturated rings. The third kappa shape index (κ3) is 3.88. The Labute approximate surface area is 149 Å². The molecule has 0 bridgehead atoms. The van der Waals surface area contributed by atoms with Crippen LogP contribution in [0.25, 0.3) is 0 Å². The molecule has 2 aromatic carbocycles. The Bertz CT molecular complexity index is 737. The van der Waals surface area contributed by atoms with Gasteiger partial charge in [-0.2, -0.15) is 0 Å². The smallest absolute Gasteiger partial charge is 0.171 e. The van der Waals surface area contributed by atoms with Gasteiger partial charge in [0.15, 0.2) is 5.11 Å². The average molecular weight is 340 g/mol. The van der Waals surface area contributed by atoms with Crippen molar-refractivity contribution < 1.29 is 4.74 Å². The predicted molar refractivity (Wildman–Crippen MR) is 104 cm³/mol. The van der Waals surface area contributed by atoms with Gasteiger partial charge in [0.25, 0.3) is 0 Å². The van der Waals surface area contributed by atoms with Crippen molar-refractivity contribution in [3.05, 3.63) is 58.7 Å². The number of anilines is 1. The standard InChI is InChI=1S/C20H24N2OS/c1-13-9-14(2)11-16(10-13)21-20(24)22-19-6-4-5-15-12-17(23-3)7-8-18(15)19/h7-12,19H,4-6H2,1-3H3,(H2,21,22,24)/t19-/m1/s1. The van der Waals surface area contributed by atoms with Crippen LogP contribution in [0, 0.1) is 13.8 Å². The Kier molecular flexibility index (Phi) is 5.05. The topological polar surface area (TPSA) is 33.3 Å². The van der Waals surface area contributed by atoms with E-state index in [1.165, 1.54) is 22.3 Å². The maximum absolute atomic E-state index is 5.53. The molecule has 2 N–H and O–H groups in total. The first-order valence-corrected chi connectivity index (χ1v) is 8.78. The van der Waals surface area contributed by atoms with Gasteiger partial charge < -0.3 is 15.4 Å². The Balaban J connectivity index is 1.71. The van der Waals surface area contributed by atoms with E-state index in [-0.39, 0.29) is 6.04 Å². The molecule has 1 atom stereocenters. The monoisotopic (exact) mass is 340 g/mol. The van der Waals surface area contributed by atoms with Crippen LogP contribution in [0.2, 0.25) is 0 Å². The first kappa shape index (κ1) is 16.8. The van der Waals surface area contributed by atoms with Crippen molar-refractivity contribution in [1.82, 2.24) is 5.32 Å². The van der Waals surface area contributed by atoms with Crippen molar-refractivity contribution in [1.29, 1.82) is 0 Å². The third-order valence-electron chi connectivity index (χ3n) is 4.45. The van der Waals surface area contributed by atoms with Crippen LogP contribution < -0.4 is 15.4 Å². The summed E-state index contributed by atoms with van der Waals surface area (Å²) in [4.78, 5) is 0. The summed E-state index contributed by atoms with van der Waals surface area (Å²) in [6.07, 6.45) is 3.35. The molecule has 0 saturated heterocycles. The Morgan fingerprint density at radius 1 is 1.12 bits per heavy atom. The molecule has 0 aromatic heterocycles. The second kappa shape index (κ2) is 7.22. The van der Waals surface area contributed by atoms with Gasteiger partial charge in [0.1, 0.15) is 5.75 Å². The number of benzene rings is 2. The third-order valence-corrected chi connectivity index (χ3v) is 4.67. The van der Waals surface area contributed by atoms with Gasteiger partial charge in [-0.1, -0.05) is 12.1 Å². The molecule has 0 saturated carbocycles. The van der Waals surface area contributed by atoms with Crippen LogP contribution in [0.1, 0.15) is 41.1 Å². The average Bonchev–Trinajstić information content (AvgIpc) is 2.53. The molecule has 3 rings (SSSR count). The van der Waals surface area contributed by atoms with E-state index in [0.29, 0.717) is 5.11 Å². The lowest BCUT2D eigenvalue weighted by Gasteiger charge is -2.28. The fourth-order valence-corrected chi connectivity index (χ4v) is 3.70. The second-order valence-electron chi connectivity index (χ2n) is 6.48. The van der Waals surface area contributed by atoms with Crippen molar-refractivity contribution in [2.24, 2.45) is 0 Å². The molecule has 1 aliphatic carbocycles. The molecule has 0 heterocycles. The van der Waals surface area contributed by atoms with Gasteiger partial charge in [-0.3, -0.25) is 0 Å². The van der Waals surface area contributed by atoms with Crippen LogP contribution in [0.15, 0.2) is 36.4 Å². The minimum absolute atomic E-state index is 0.255. The van der Waals surface area contributed by atoms with Gasteiger partial charge in [-0.25, -0.2) is 0 Å². The van der Waals surface area contributed by atoms with Gasteiger partial charge in [0.2, 0.25) is 0 Å². The molecule has 126 valence electrons. The molecule has 0 unspecified atom stereocenters. The summed E-state index contributed by atoms with van der Waals surface area (Å²) in [6.45, 7) is 4.19. The van der Waals surface area contributed by atoms with E-state index in [9.17, 15) is 0 Å². The SMILES string of the molecule is COc1ccc2c(c1)CCC[C@H]2NC(=S)Nc1cc(C)cc(C)c1. The molecule has 0 radical (unpaired) electrons. The van der Waals surface area contributed by atoms with Crippen molar-refractivity contribution in [2.45, 2.75) is 39.2 Å². The number of methoxy groups -OCH3 is 1. The van der Waals surface area contributed by atoms with Gasteiger partial charge in [-0.15, -0.1) is 0 Å². The number of aryl methyl sites for hydroxylation is 3. The highest BCUT2D eigenvalue weighted by atomic mass is 32.1. The zero-order valence-electron chi connectivity index (χ0n) is 14.5. The summed E-state index contributed by atoms with van der Waals surface area (Å²) in [5.41, 5.74) is 6.18. The van der Waals surface area contributed by atoms with Crippen LogP contribution in [0.5, 0.6) is 5.75 Å². The van der Waals surface area contributed by atoms with Gasteiger partial charge in [-0.05, 0) is 91.8 Å². The number of fused-ring (bicyclic) bond motifs is 1. The lowest BCUT2D eigenvalue weighted by Crippen LogP contribution is -2.34. The zero-order chi connectivity index (χ0) is 17.1. The van der Waals surface area contributed by atoms with Crippen LogP contribution in [0.3, 0.4) is 0 Å². The Morgan fingerprint density at radius 2 is 1.88 bits per heavy atom. The van der Waals surface area contributed by atoms with E-state index < -0.39 is 0 Å². The summed E-state index contributed by atoms with van der Waals surface area (Å²) in [7, 11) is 1.71. The first-order chi connectivity index (χ1) is 11.5. The fraction of sp³-hybridized carbons (Fsp3) is 0.350. The Morgan fingerprint density at radius 3 is 2.58 bits per heavy atom. The molecular weight excluding hydrogens is 316 g/mol. The highest BCUT2D eigenvalue weighted by molar-refractivity contribution is 7.80. The molecule has 3 nitrogen and oxygen atoms in total. The number of thiocarbonyl (C=S) groups is 1. The normalized spacial score (nSPS) is 16.2. The van der Waals surface area contributed by atoms with E-state index in [2.05, 4.69) is 54.8 Å². The lowest BCUT2D eigenvalue weighted by atomic mass is 9.87. The highest BCUT2D eigenvalue weighted by Gasteiger charge is 2.21. The van der Waals surface area contributed by atoms with E-state index in [1.807, 2.05) is 6.07 Å². The summed E-state index contributed by atoms with van der Waals surface area (Å²) in [6, 6.07) is 13.0. The van der Waals surface area contributed by atoms with E-state index >= 15 is 0 Å².